The van der Waals surface area contributed by atoms with Gasteiger partial charge in [-0.1, -0.05) is 12.1 Å². The molecule has 0 aliphatic carbocycles. The van der Waals surface area contributed by atoms with Crippen molar-refractivity contribution in [2.75, 3.05) is 13.7 Å². The largest absolute Gasteiger partial charge is 0.507 e. The number of rotatable bonds is 4. The lowest BCUT2D eigenvalue weighted by molar-refractivity contribution is 0.00578. The summed E-state index contributed by atoms with van der Waals surface area (Å²) in [4.78, 5) is 11.5. The van der Waals surface area contributed by atoms with Gasteiger partial charge >= 0.3 is 13.1 Å². The van der Waals surface area contributed by atoms with Crippen LogP contribution in [0.25, 0.3) is 6.08 Å². The molecule has 1 aliphatic rings. The van der Waals surface area contributed by atoms with Gasteiger partial charge in [-0.15, -0.1) is 0 Å². The van der Waals surface area contributed by atoms with Gasteiger partial charge in [0.2, 0.25) is 0 Å². The highest BCUT2D eigenvalue weighted by Crippen LogP contribution is 2.39. The first-order valence-electron chi connectivity index (χ1n) is 7.79. The van der Waals surface area contributed by atoms with Gasteiger partial charge in [-0.25, -0.2) is 4.79 Å². The Morgan fingerprint density at radius 1 is 1.29 bits per heavy atom. The van der Waals surface area contributed by atoms with Crippen molar-refractivity contribution in [1.29, 1.82) is 0 Å². The normalized spacial score (nSPS) is 19.4. The number of hydrogen-bond donors (Lipinski definition) is 2. The van der Waals surface area contributed by atoms with Crippen molar-refractivity contribution in [3.05, 3.63) is 34.8 Å². The number of hydrogen-bond acceptors (Lipinski definition) is 6. The predicted molar refractivity (Wildman–Crippen MR) is 92.6 cm³/mol. The van der Waals surface area contributed by atoms with E-state index < -0.39 is 24.3 Å². The molecule has 0 radical (unpaired) electrons. The monoisotopic (exact) mass is 333 g/mol. The predicted octanol–water partition coefficient (Wildman–Crippen LogP) is 2.15. The average molecular weight is 333 g/mol. The highest BCUT2D eigenvalue weighted by Gasteiger charge is 2.52. The Hall–Kier alpha value is -1.83. The molecule has 1 heterocycles. The Morgan fingerprint density at radius 2 is 1.88 bits per heavy atom. The Morgan fingerprint density at radius 3 is 2.33 bits per heavy atom. The third kappa shape index (κ3) is 3.48. The van der Waals surface area contributed by atoms with Gasteiger partial charge in [0.05, 0.1) is 23.9 Å². The third-order valence-electron chi connectivity index (χ3n) is 4.58. The molecular weight excluding hydrogens is 309 g/mol. The number of nitrogens with two attached hydrogens (primary N) is 1. The van der Waals surface area contributed by atoms with E-state index >= 15 is 0 Å². The lowest BCUT2D eigenvalue weighted by Gasteiger charge is -2.32. The van der Waals surface area contributed by atoms with Crippen LogP contribution < -0.4 is 5.73 Å². The molecule has 0 saturated carbocycles. The van der Waals surface area contributed by atoms with E-state index in [1.807, 2.05) is 27.7 Å². The fraction of sp³-hybridized carbons (Fsp3) is 0.471. The van der Waals surface area contributed by atoms with E-state index in [2.05, 4.69) is 4.74 Å². The van der Waals surface area contributed by atoms with Gasteiger partial charge in [-0.2, -0.15) is 0 Å². The van der Waals surface area contributed by atoms with Gasteiger partial charge in [0.1, 0.15) is 5.75 Å². The molecular formula is C17H24BNO5. The first kappa shape index (κ1) is 18.5. The number of ether oxygens (including phenoxy) is 1. The zero-order valence-electron chi connectivity index (χ0n) is 14.8. The highest BCUT2D eigenvalue weighted by atomic mass is 16.7. The van der Waals surface area contributed by atoms with E-state index in [9.17, 15) is 9.90 Å². The van der Waals surface area contributed by atoms with Crippen molar-refractivity contribution in [3.8, 4) is 5.75 Å². The van der Waals surface area contributed by atoms with E-state index in [0.717, 1.165) is 0 Å². The lowest BCUT2D eigenvalue weighted by atomic mass is 9.77. The Bertz CT molecular complexity index is 653. The third-order valence-corrected chi connectivity index (χ3v) is 4.58. The molecule has 2 rings (SSSR count). The quantitative estimate of drug-likeness (QED) is 0.648. The Balaban J connectivity index is 2.30. The molecule has 6 nitrogen and oxygen atoms in total. The van der Waals surface area contributed by atoms with Gasteiger partial charge < -0.3 is 24.9 Å². The maximum absolute atomic E-state index is 11.5. The van der Waals surface area contributed by atoms with Crippen molar-refractivity contribution < 1.29 is 23.9 Å². The van der Waals surface area contributed by atoms with Crippen molar-refractivity contribution in [3.63, 3.8) is 0 Å². The molecule has 1 saturated heterocycles. The number of phenolic OH excluding ortho intramolecular Hbond substituents is 1. The molecule has 1 aromatic rings. The van der Waals surface area contributed by atoms with E-state index in [1.165, 1.54) is 13.2 Å². The van der Waals surface area contributed by atoms with Gasteiger partial charge in [0, 0.05) is 12.1 Å². The maximum Gasteiger partial charge on any atom is 0.491 e. The van der Waals surface area contributed by atoms with Crippen LogP contribution in [0.1, 0.15) is 43.6 Å². The van der Waals surface area contributed by atoms with Crippen molar-refractivity contribution in [2.45, 2.75) is 38.9 Å². The molecule has 7 heteroatoms. The van der Waals surface area contributed by atoms with E-state index in [4.69, 9.17) is 15.0 Å². The number of benzene rings is 1. The molecule has 0 bridgehead atoms. The number of carbonyl (C=O) groups is 1. The minimum absolute atomic E-state index is 0.0413. The van der Waals surface area contributed by atoms with Gasteiger partial charge in [0.15, 0.2) is 0 Å². The van der Waals surface area contributed by atoms with Crippen LogP contribution in [-0.4, -0.2) is 43.1 Å². The highest BCUT2D eigenvalue weighted by molar-refractivity contribution is 6.55. The Labute approximate surface area is 142 Å². The second-order valence-electron chi connectivity index (χ2n) is 6.78. The summed E-state index contributed by atoms with van der Waals surface area (Å²) >= 11 is 0. The van der Waals surface area contributed by atoms with Crippen LogP contribution in [0.3, 0.4) is 0 Å². The lowest BCUT2D eigenvalue weighted by Crippen LogP contribution is -2.41. The van der Waals surface area contributed by atoms with E-state index in [0.29, 0.717) is 11.0 Å². The molecule has 0 spiro atoms. The number of aromatic hydroxyl groups is 1. The molecule has 0 atom stereocenters. The van der Waals surface area contributed by atoms with Crippen LogP contribution in [0, 0.1) is 0 Å². The van der Waals surface area contributed by atoms with Crippen LogP contribution in [0.4, 0.5) is 0 Å². The zero-order chi connectivity index (χ0) is 18.1. The molecule has 1 fully saturated rings. The summed E-state index contributed by atoms with van der Waals surface area (Å²) in [5.74, 6) is -0.550. The Kier molecular flexibility index (Phi) is 5.08. The van der Waals surface area contributed by atoms with Gasteiger partial charge in [-0.3, -0.25) is 0 Å². The number of esters is 1. The summed E-state index contributed by atoms with van der Waals surface area (Å²) in [5.41, 5.74) is 6.41. The summed E-state index contributed by atoms with van der Waals surface area (Å²) in [5, 5.41) is 10.2. The van der Waals surface area contributed by atoms with Crippen LogP contribution in [0.5, 0.6) is 5.75 Å². The minimum atomic E-state index is -0.584. The standard InChI is InChI=1S/C17H24BNO5/c1-16(2)17(3,4)24-18(23-16)13(10-19)8-11-6-7-12(9-14(11)20)15(21)22-5/h6-9,20H,10,19H2,1-5H3. The van der Waals surface area contributed by atoms with E-state index in [-0.39, 0.29) is 17.9 Å². The van der Waals surface area contributed by atoms with E-state index in [1.54, 1.807) is 18.2 Å². The molecule has 3 N–H and O–H groups in total. The number of phenols is 1. The average Bonchev–Trinajstić information content (AvgIpc) is 2.73. The van der Waals surface area contributed by atoms with Gasteiger partial charge in [0.25, 0.3) is 0 Å². The molecule has 0 unspecified atom stereocenters. The molecule has 1 aliphatic heterocycles. The topological polar surface area (TPSA) is 91.0 Å². The summed E-state index contributed by atoms with van der Waals surface area (Å²) in [6.07, 6.45) is 1.72. The molecule has 0 aromatic heterocycles. The number of methoxy groups -OCH3 is 1. The minimum Gasteiger partial charge on any atom is -0.507 e. The van der Waals surface area contributed by atoms with Crippen molar-refractivity contribution in [1.82, 2.24) is 0 Å². The molecule has 0 amide bonds. The summed E-state index contributed by atoms with van der Waals surface area (Å²) in [6, 6.07) is 4.56. The fourth-order valence-corrected chi connectivity index (χ4v) is 2.33. The molecule has 130 valence electrons. The van der Waals surface area contributed by atoms with Crippen LogP contribution in [-0.2, 0) is 14.0 Å². The second kappa shape index (κ2) is 6.59. The molecule has 24 heavy (non-hydrogen) atoms. The van der Waals surface area contributed by atoms with Crippen molar-refractivity contribution in [2.24, 2.45) is 5.73 Å². The van der Waals surface area contributed by atoms with Crippen LogP contribution in [0.15, 0.2) is 23.7 Å². The van der Waals surface area contributed by atoms with Gasteiger partial charge in [-0.05, 0) is 45.3 Å². The second-order valence-corrected chi connectivity index (χ2v) is 6.78. The first-order chi connectivity index (χ1) is 11.1. The summed E-state index contributed by atoms with van der Waals surface area (Å²) in [6.45, 7) is 8.07. The summed E-state index contributed by atoms with van der Waals surface area (Å²) < 4.78 is 16.6. The molecule has 1 aromatic carbocycles. The first-order valence-corrected chi connectivity index (χ1v) is 7.79. The maximum atomic E-state index is 11.5. The fourth-order valence-electron chi connectivity index (χ4n) is 2.33. The van der Waals surface area contributed by atoms with Crippen molar-refractivity contribution >= 4 is 19.2 Å². The summed E-state index contributed by atoms with van der Waals surface area (Å²) in [7, 11) is 0.706. The SMILES string of the molecule is COC(=O)c1ccc(C=C(CN)B2OC(C)(C)C(C)(C)O2)c(O)c1. The van der Waals surface area contributed by atoms with Crippen LogP contribution >= 0.6 is 0 Å². The number of carbonyl (C=O) groups excluding carboxylic acids is 1. The smallest absolute Gasteiger partial charge is 0.491 e. The zero-order valence-corrected chi connectivity index (χ0v) is 14.8. The van der Waals surface area contributed by atoms with Crippen LogP contribution in [0.2, 0.25) is 0 Å².